The van der Waals surface area contributed by atoms with E-state index >= 15 is 0 Å². The molecule has 1 aromatic rings. The fourth-order valence-corrected chi connectivity index (χ4v) is 3.07. The third-order valence-corrected chi connectivity index (χ3v) is 3.67. The Morgan fingerprint density at radius 3 is 2.83 bits per heavy atom. The molecule has 98 valence electrons. The van der Waals surface area contributed by atoms with Crippen LogP contribution in [-0.4, -0.2) is 25.3 Å². The number of halogens is 2. The molecular weight excluding hydrogens is 366 g/mol. The monoisotopic (exact) mass is 377 g/mol. The minimum atomic E-state index is -0.278. The molecule has 4 N–H and O–H groups in total. The topological polar surface area (TPSA) is 76.4 Å². The van der Waals surface area contributed by atoms with Crippen LogP contribution in [0, 0.1) is 0 Å². The fourth-order valence-electron chi connectivity index (χ4n) is 1.71. The lowest BCUT2D eigenvalue weighted by molar-refractivity contribution is 0.189. The van der Waals surface area contributed by atoms with Crippen molar-refractivity contribution in [2.24, 2.45) is 0 Å². The highest BCUT2D eigenvalue weighted by atomic mass is 79.9. The predicted octanol–water partition coefficient (Wildman–Crippen LogP) is 2.70. The number of amides is 2. The highest BCUT2D eigenvalue weighted by Gasteiger charge is 2.18. The average molecular weight is 379 g/mol. The Morgan fingerprint density at radius 1 is 1.44 bits per heavy atom. The maximum absolute atomic E-state index is 11.8. The Balaban J connectivity index is 2.02. The largest absolute Gasteiger partial charge is 0.397 e. The molecule has 1 atom stereocenters. The smallest absolute Gasteiger partial charge is 0.319 e. The number of hydrogen-bond acceptors (Lipinski definition) is 3. The van der Waals surface area contributed by atoms with Crippen molar-refractivity contribution in [2.45, 2.75) is 12.5 Å². The zero-order valence-electron chi connectivity index (χ0n) is 9.50. The van der Waals surface area contributed by atoms with Crippen molar-refractivity contribution < 1.29 is 9.53 Å². The number of nitrogen functional groups attached to an aromatic ring is 1. The first kappa shape index (κ1) is 13.6. The summed E-state index contributed by atoms with van der Waals surface area (Å²) in [6.07, 6.45) is 0.838. The molecule has 0 aliphatic carbocycles. The van der Waals surface area contributed by atoms with Gasteiger partial charge in [-0.05, 0) is 34.5 Å². The zero-order valence-corrected chi connectivity index (χ0v) is 12.7. The summed E-state index contributed by atoms with van der Waals surface area (Å²) < 4.78 is 6.77. The zero-order chi connectivity index (χ0) is 13.1. The van der Waals surface area contributed by atoms with Crippen LogP contribution in [0.5, 0.6) is 0 Å². The SMILES string of the molecule is Nc1cc(Br)cc(Br)c1NC(=O)NC1CCOC1. The van der Waals surface area contributed by atoms with E-state index in [0.717, 1.165) is 15.4 Å². The van der Waals surface area contributed by atoms with E-state index in [4.69, 9.17) is 10.5 Å². The number of rotatable bonds is 2. The second kappa shape index (κ2) is 5.90. The molecule has 1 heterocycles. The predicted molar refractivity (Wildman–Crippen MR) is 77.6 cm³/mol. The van der Waals surface area contributed by atoms with Crippen molar-refractivity contribution in [3.05, 3.63) is 21.1 Å². The van der Waals surface area contributed by atoms with Gasteiger partial charge in [0.2, 0.25) is 0 Å². The summed E-state index contributed by atoms with van der Waals surface area (Å²) in [4.78, 5) is 11.8. The van der Waals surface area contributed by atoms with Crippen LogP contribution >= 0.6 is 31.9 Å². The van der Waals surface area contributed by atoms with Crippen molar-refractivity contribution in [1.29, 1.82) is 0 Å². The summed E-state index contributed by atoms with van der Waals surface area (Å²) in [7, 11) is 0. The van der Waals surface area contributed by atoms with Crippen LogP contribution in [0.4, 0.5) is 16.2 Å². The number of carbonyl (C=O) groups is 1. The molecule has 1 fully saturated rings. The van der Waals surface area contributed by atoms with Crippen molar-refractivity contribution in [3.63, 3.8) is 0 Å². The molecule has 0 radical (unpaired) electrons. The number of carbonyl (C=O) groups excluding carboxylic acids is 1. The Kier molecular flexibility index (Phi) is 4.47. The van der Waals surface area contributed by atoms with Gasteiger partial charge in [-0.2, -0.15) is 0 Å². The second-order valence-electron chi connectivity index (χ2n) is 4.01. The summed E-state index contributed by atoms with van der Waals surface area (Å²) in [5, 5.41) is 5.57. The first-order valence-electron chi connectivity index (χ1n) is 5.46. The van der Waals surface area contributed by atoms with Crippen molar-refractivity contribution in [3.8, 4) is 0 Å². The summed E-state index contributed by atoms with van der Waals surface area (Å²) in [6, 6.07) is 3.35. The van der Waals surface area contributed by atoms with Crippen LogP contribution in [0.15, 0.2) is 21.1 Å². The first-order chi connectivity index (χ1) is 8.56. The van der Waals surface area contributed by atoms with E-state index < -0.39 is 0 Å². The van der Waals surface area contributed by atoms with Gasteiger partial charge in [-0.25, -0.2) is 4.79 Å². The molecule has 2 amide bonds. The lowest BCUT2D eigenvalue weighted by atomic mass is 10.2. The maximum atomic E-state index is 11.8. The van der Waals surface area contributed by atoms with Crippen LogP contribution in [0.3, 0.4) is 0 Å². The van der Waals surface area contributed by atoms with Gasteiger partial charge in [-0.3, -0.25) is 0 Å². The minimum absolute atomic E-state index is 0.0699. The summed E-state index contributed by atoms with van der Waals surface area (Å²) >= 11 is 6.69. The van der Waals surface area contributed by atoms with Gasteiger partial charge >= 0.3 is 6.03 Å². The van der Waals surface area contributed by atoms with Gasteiger partial charge in [-0.15, -0.1) is 0 Å². The third kappa shape index (κ3) is 3.37. The van der Waals surface area contributed by atoms with E-state index in [0.29, 0.717) is 24.6 Å². The average Bonchev–Trinajstić information content (AvgIpc) is 2.76. The molecule has 0 bridgehead atoms. The number of nitrogens with two attached hydrogens (primary N) is 1. The number of hydrogen-bond donors (Lipinski definition) is 3. The Hall–Kier alpha value is -0.790. The lowest BCUT2D eigenvalue weighted by Crippen LogP contribution is -2.38. The third-order valence-electron chi connectivity index (χ3n) is 2.59. The van der Waals surface area contributed by atoms with Gasteiger partial charge in [0.1, 0.15) is 0 Å². The van der Waals surface area contributed by atoms with E-state index in [2.05, 4.69) is 42.5 Å². The Morgan fingerprint density at radius 2 is 2.22 bits per heavy atom. The lowest BCUT2D eigenvalue weighted by Gasteiger charge is -2.14. The summed E-state index contributed by atoms with van der Waals surface area (Å²) in [5.41, 5.74) is 6.91. The molecule has 1 aliphatic heterocycles. The van der Waals surface area contributed by atoms with Gasteiger partial charge in [0.15, 0.2) is 0 Å². The Labute approximate surface area is 122 Å². The molecule has 0 aromatic heterocycles. The number of benzene rings is 1. The molecule has 1 aromatic carbocycles. The second-order valence-corrected chi connectivity index (χ2v) is 5.78. The van der Waals surface area contributed by atoms with Crippen LogP contribution in [0.1, 0.15) is 6.42 Å². The van der Waals surface area contributed by atoms with Gasteiger partial charge in [0, 0.05) is 15.6 Å². The number of anilines is 2. The van der Waals surface area contributed by atoms with Gasteiger partial charge in [0.25, 0.3) is 0 Å². The van der Waals surface area contributed by atoms with E-state index in [9.17, 15) is 4.79 Å². The van der Waals surface area contributed by atoms with Gasteiger partial charge in [-0.1, -0.05) is 15.9 Å². The first-order valence-corrected chi connectivity index (χ1v) is 7.04. The van der Waals surface area contributed by atoms with Gasteiger partial charge < -0.3 is 21.1 Å². The molecule has 0 spiro atoms. The normalized spacial score (nSPS) is 18.7. The molecule has 2 rings (SSSR count). The quantitative estimate of drug-likeness (QED) is 0.692. The van der Waals surface area contributed by atoms with Crippen LogP contribution in [0.2, 0.25) is 0 Å². The number of ether oxygens (including phenoxy) is 1. The van der Waals surface area contributed by atoms with Crippen molar-refractivity contribution >= 4 is 49.3 Å². The van der Waals surface area contributed by atoms with Crippen molar-refractivity contribution in [1.82, 2.24) is 5.32 Å². The maximum Gasteiger partial charge on any atom is 0.319 e. The summed E-state index contributed by atoms with van der Waals surface area (Å²) in [6.45, 7) is 1.25. The summed E-state index contributed by atoms with van der Waals surface area (Å²) in [5.74, 6) is 0. The fraction of sp³-hybridized carbons (Fsp3) is 0.364. The van der Waals surface area contributed by atoms with E-state index in [1.54, 1.807) is 6.07 Å². The molecule has 5 nitrogen and oxygen atoms in total. The van der Waals surface area contributed by atoms with E-state index in [1.165, 1.54) is 0 Å². The highest BCUT2D eigenvalue weighted by molar-refractivity contribution is 9.11. The molecule has 18 heavy (non-hydrogen) atoms. The minimum Gasteiger partial charge on any atom is -0.397 e. The van der Waals surface area contributed by atoms with Crippen LogP contribution in [-0.2, 0) is 4.74 Å². The van der Waals surface area contributed by atoms with E-state index in [1.807, 2.05) is 6.07 Å². The van der Waals surface area contributed by atoms with Crippen LogP contribution in [0.25, 0.3) is 0 Å². The molecular formula is C11H13Br2N3O2. The molecule has 1 unspecified atom stereocenters. The molecule has 1 saturated heterocycles. The molecule has 7 heteroatoms. The number of urea groups is 1. The highest BCUT2D eigenvalue weighted by Crippen LogP contribution is 2.32. The van der Waals surface area contributed by atoms with Crippen LogP contribution < -0.4 is 16.4 Å². The number of nitrogens with one attached hydrogen (secondary N) is 2. The van der Waals surface area contributed by atoms with E-state index in [-0.39, 0.29) is 12.1 Å². The van der Waals surface area contributed by atoms with Crippen molar-refractivity contribution in [2.75, 3.05) is 24.3 Å². The van der Waals surface area contributed by atoms with Gasteiger partial charge in [0.05, 0.1) is 24.0 Å². The Bertz CT molecular complexity index is 439. The molecule has 0 saturated carbocycles. The molecule has 1 aliphatic rings. The standard InChI is InChI=1S/C11H13Br2N3O2/c12-6-3-8(13)10(9(14)4-6)16-11(17)15-7-1-2-18-5-7/h3-4,7H,1-2,5,14H2,(H2,15,16,17).